The quantitative estimate of drug-likeness (QED) is 0.142. The summed E-state index contributed by atoms with van der Waals surface area (Å²) in [6.07, 6.45) is 14.0. The second kappa shape index (κ2) is 13.8. The van der Waals surface area contributed by atoms with E-state index in [1.54, 1.807) is 0 Å². The lowest BCUT2D eigenvalue weighted by Gasteiger charge is -2.66. The van der Waals surface area contributed by atoms with E-state index in [0.29, 0.717) is 47.4 Å². The second-order valence-corrected chi connectivity index (χ2v) is 38.5. The van der Waals surface area contributed by atoms with E-state index in [9.17, 15) is 0 Å². The third-order valence-electron chi connectivity index (χ3n) is 12.6. The molecule has 4 fully saturated rings. The van der Waals surface area contributed by atoms with Crippen LogP contribution in [-0.4, -0.2) is 58.2 Å². The molecule has 45 heavy (non-hydrogen) atoms. The normalized spacial score (nSPS) is 40.1. The molecule has 0 saturated heterocycles. The van der Waals surface area contributed by atoms with Gasteiger partial charge in [-0.3, -0.25) is 0 Å². The number of rotatable bonds is 13. The fourth-order valence-corrected chi connectivity index (χ4v) is 15.3. The molecule has 0 amide bonds. The largest absolute Gasteiger partial charge is 0.418 e. The Kier molecular flexibility index (Phi) is 11.8. The molecule has 0 radical (unpaired) electrons. The molecule has 264 valence electrons. The maximum atomic E-state index is 7.43. The van der Waals surface area contributed by atoms with Gasteiger partial charge in [0.2, 0.25) is 0 Å². The summed E-state index contributed by atoms with van der Waals surface area (Å²) in [5.74, 6) is 4.23. The minimum absolute atomic E-state index is 0.234. The summed E-state index contributed by atoms with van der Waals surface area (Å²) < 4.78 is 27.8. The average Bonchev–Trinajstić information content (AvgIpc) is 3.20. The average molecular weight is 697 g/mol. The van der Waals surface area contributed by atoms with Gasteiger partial charge in [-0.25, -0.2) is 0 Å². The van der Waals surface area contributed by atoms with Crippen LogP contribution in [0.2, 0.25) is 78.6 Å². The summed E-state index contributed by atoms with van der Waals surface area (Å²) in [5.41, 5.74) is 0.601. The third kappa shape index (κ3) is 9.29. The first-order valence-electron chi connectivity index (χ1n) is 19.1. The second-order valence-electron chi connectivity index (χ2n) is 20.6. The van der Waals surface area contributed by atoms with Crippen molar-refractivity contribution in [3.8, 4) is 0 Å². The van der Waals surface area contributed by atoms with Gasteiger partial charge in [0.25, 0.3) is 0 Å². The highest BCUT2D eigenvalue weighted by atomic mass is 28.4. The minimum atomic E-state index is -1.74. The van der Waals surface area contributed by atoms with Gasteiger partial charge in [-0.2, -0.15) is 0 Å². The maximum Gasteiger partial charge on any atom is 0.184 e. The predicted octanol–water partition coefficient (Wildman–Crippen LogP) is 11.2. The lowest BCUT2D eigenvalue weighted by Crippen LogP contribution is -2.64. The van der Waals surface area contributed by atoms with E-state index in [2.05, 4.69) is 99.3 Å². The van der Waals surface area contributed by atoms with Crippen LogP contribution < -0.4 is 0 Å². The highest BCUT2D eigenvalue weighted by Gasteiger charge is 2.67. The molecule has 8 heteroatoms. The van der Waals surface area contributed by atoms with Crippen molar-refractivity contribution in [1.29, 1.82) is 0 Å². The van der Waals surface area contributed by atoms with E-state index < -0.39 is 33.3 Å². The van der Waals surface area contributed by atoms with Crippen LogP contribution in [-0.2, 0) is 17.7 Å². The molecule has 0 heterocycles. The van der Waals surface area contributed by atoms with Crippen molar-refractivity contribution in [3.63, 3.8) is 0 Å². The van der Waals surface area contributed by atoms with Crippen LogP contribution in [0, 0.1) is 46.3 Å². The zero-order valence-corrected chi connectivity index (χ0v) is 36.6. The molecule has 4 saturated carbocycles. The van der Waals surface area contributed by atoms with Crippen LogP contribution in [0.25, 0.3) is 0 Å². The maximum absolute atomic E-state index is 7.43. The molecule has 4 aliphatic carbocycles. The fraction of sp³-hybridized carbons (Fsp3) is 1.00. The number of hydrogen-bond donors (Lipinski definition) is 0. The van der Waals surface area contributed by atoms with Gasteiger partial charge in [0.05, 0.1) is 6.10 Å². The molecule has 4 nitrogen and oxygen atoms in total. The van der Waals surface area contributed by atoms with Gasteiger partial charge < -0.3 is 17.7 Å². The molecular weight excluding hydrogens is 621 g/mol. The van der Waals surface area contributed by atoms with Crippen molar-refractivity contribution >= 4 is 33.3 Å². The molecule has 0 N–H and O–H groups in total. The monoisotopic (exact) mass is 696 g/mol. The van der Waals surface area contributed by atoms with Crippen molar-refractivity contribution in [3.05, 3.63) is 0 Å². The Balaban J connectivity index is 1.64. The van der Waals surface area contributed by atoms with Gasteiger partial charge in [-0.1, -0.05) is 33.6 Å². The summed E-state index contributed by atoms with van der Waals surface area (Å²) in [5, 5.41) is 0. The molecule has 0 bridgehead atoms. The Bertz CT molecular complexity index is 981. The highest BCUT2D eigenvalue weighted by Crippen LogP contribution is 2.69. The zero-order valence-electron chi connectivity index (χ0n) is 32.6. The fourth-order valence-electron chi connectivity index (χ4n) is 11.0. The number of unbranched alkanes of at least 4 members (excludes halogenated alkanes) is 1. The van der Waals surface area contributed by atoms with Crippen LogP contribution in [0.5, 0.6) is 0 Å². The standard InChI is InChI=1S/C37H76O4Si4/c1-27(18-16-17-23-38-42(4,5)6)30-19-20-31-35-32(26-34(37(30,31)3)41-45(13,14)15)36(2)22-21-29(39-43(7,8)9)24-28(36)25-33(35)40-44(10,11)12/h27-35H,16-26H2,1-15H3/t27-,28+,29-,30-,31+,32+,33-,34+,35+,36+,37-/m1/s1. The van der Waals surface area contributed by atoms with E-state index in [1.807, 2.05) is 0 Å². The molecule has 4 aliphatic rings. The number of fused-ring (bicyclic) bond motifs is 5. The summed E-state index contributed by atoms with van der Waals surface area (Å²) in [4.78, 5) is 0. The first kappa shape index (κ1) is 38.5. The number of hydrogen-bond acceptors (Lipinski definition) is 4. The Morgan fingerprint density at radius 2 is 1.29 bits per heavy atom. The summed E-state index contributed by atoms with van der Waals surface area (Å²) in [7, 11) is -6.45. The van der Waals surface area contributed by atoms with E-state index in [0.717, 1.165) is 18.4 Å². The van der Waals surface area contributed by atoms with Crippen LogP contribution in [0.1, 0.15) is 85.0 Å². The van der Waals surface area contributed by atoms with Crippen molar-refractivity contribution in [2.75, 3.05) is 6.61 Å². The molecule has 0 aliphatic heterocycles. The summed E-state index contributed by atoms with van der Waals surface area (Å²) >= 11 is 0. The lowest BCUT2D eigenvalue weighted by molar-refractivity contribution is -0.199. The highest BCUT2D eigenvalue weighted by molar-refractivity contribution is 6.70. The topological polar surface area (TPSA) is 36.9 Å². The molecular formula is C37H76O4Si4. The van der Waals surface area contributed by atoms with Gasteiger partial charge in [0.15, 0.2) is 33.3 Å². The first-order chi connectivity index (χ1) is 20.4. The Labute approximate surface area is 284 Å². The van der Waals surface area contributed by atoms with Gasteiger partial charge in [0, 0.05) is 18.8 Å². The molecule has 0 spiro atoms. The zero-order chi connectivity index (χ0) is 33.8. The van der Waals surface area contributed by atoms with Gasteiger partial charge >= 0.3 is 0 Å². The molecule has 0 aromatic rings. The van der Waals surface area contributed by atoms with E-state index in [4.69, 9.17) is 17.7 Å². The first-order valence-corrected chi connectivity index (χ1v) is 32.7. The van der Waals surface area contributed by atoms with Crippen LogP contribution in [0.15, 0.2) is 0 Å². The van der Waals surface area contributed by atoms with Crippen LogP contribution in [0.3, 0.4) is 0 Å². The minimum Gasteiger partial charge on any atom is -0.418 e. The van der Waals surface area contributed by atoms with Crippen LogP contribution >= 0.6 is 0 Å². The van der Waals surface area contributed by atoms with Crippen LogP contribution in [0.4, 0.5) is 0 Å². The lowest BCUT2D eigenvalue weighted by atomic mass is 9.43. The predicted molar refractivity (Wildman–Crippen MR) is 203 cm³/mol. The van der Waals surface area contributed by atoms with Gasteiger partial charge in [-0.15, -0.1) is 0 Å². The van der Waals surface area contributed by atoms with Crippen molar-refractivity contribution in [2.24, 2.45) is 46.3 Å². The molecule has 0 aromatic heterocycles. The van der Waals surface area contributed by atoms with Crippen molar-refractivity contribution in [1.82, 2.24) is 0 Å². The Hall–Kier alpha value is 0.708. The van der Waals surface area contributed by atoms with Crippen molar-refractivity contribution < 1.29 is 17.7 Å². The summed E-state index contributed by atoms with van der Waals surface area (Å²) in [6.45, 7) is 37.6. The Morgan fingerprint density at radius 3 is 1.87 bits per heavy atom. The molecule has 4 rings (SSSR count). The van der Waals surface area contributed by atoms with Gasteiger partial charge in [0.1, 0.15) is 0 Å². The SMILES string of the molecule is C[C@H](CCCCO[Si](C)(C)C)[C@H]1CC[C@H]2[C@@H]3[C@H](O[Si](C)(C)C)C[C@@H]4C[C@H](O[Si](C)(C)C)CC[C@]4(C)[C@H]3C[C@H](O[Si](C)(C)C)[C@]12C. The van der Waals surface area contributed by atoms with Gasteiger partial charge in [-0.05, 0) is 176 Å². The smallest absolute Gasteiger partial charge is 0.184 e. The summed E-state index contributed by atoms with van der Waals surface area (Å²) in [6, 6.07) is 0. The van der Waals surface area contributed by atoms with E-state index in [-0.39, 0.29) is 5.41 Å². The molecule has 0 unspecified atom stereocenters. The van der Waals surface area contributed by atoms with Crippen molar-refractivity contribution in [2.45, 2.75) is 182 Å². The molecule has 0 aromatic carbocycles. The van der Waals surface area contributed by atoms with E-state index in [1.165, 1.54) is 64.2 Å². The third-order valence-corrected chi connectivity index (χ3v) is 16.7. The molecule has 11 atom stereocenters. The van der Waals surface area contributed by atoms with E-state index >= 15 is 0 Å². The Morgan fingerprint density at radius 1 is 0.667 bits per heavy atom.